The van der Waals surface area contributed by atoms with E-state index in [1.807, 2.05) is 0 Å². The second-order valence-corrected chi connectivity index (χ2v) is 0.525. The van der Waals surface area contributed by atoms with E-state index in [9.17, 15) is 0 Å². The van der Waals surface area contributed by atoms with E-state index in [0.29, 0.717) is 0 Å². The molecule has 1 nitrogen and oxygen atoms in total. The predicted molar refractivity (Wildman–Crippen MR) is 12.8 cm³/mol. The second kappa shape index (κ2) is 73.0. The summed E-state index contributed by atoms with van der Waals surface area (Å²) < 4.78 is 3.19. The van der Waals surface area contributed by atoms with Crippen LogP contribution < -0.4 is 62.0 Å². The molecule has 0 amide bonds. The van der Waals surface area contributed by atoms with E-state index in [1.54, 1.807) is 0 Å². The molecule has 0 aliphatic carbocycles. The van der Waals surface area contributed by atoms with Gasteiger partial charge in [-0.15, -0.1) is 0 Å². The first-order valence-electron chi connectivity index (χ1n) is 0.309. The molecule has 0 heterocycles. The van der Waals surface area contributed by atoms with E-state index in [-0.39, 0.29) is 84.4 Å². The van der Waals surface area contributed by atoms with Gasteiger partial charge in [0, 0.05) is 0 Å². The molecule has 60 valence electrons. The third-order valence-corrected chi connectivity index (χ3v) is 0. The van der Waals surface area contributed by atoms with Gasteiger partial charge in [-0.3, -0.25) is 0 Å². The van der Waals surface area contributed by atoms with Crippen molar-refractivity contribution in [2.45, 2.75) is 0 Å². The largest absolute Gasteiger partial charge is 5.00 e. The minimum atomic E-state index is 0. The number of hydrogen-bond acceptors (Lipinski definition) is 1. The Balaban J connectivity index is -0.00000000133. The number of hydrogen-bond donors (Lipinski definition) is 0. The molecule has 0 aromatic rings. The standard InChI is InChI=1S/Cl2O.5ClH.Nb/c1-3-2;;;;;;/h;5*1H;/q;;;;;;+5/p-5. The summed E-state index contributed by atoms with van der Waals surface area (Å²) in [6.45, 7) is 0. The van der Waals surface area contributed by atoms with Crippen molar-refractivity contribution in [3.63, 3.8) is 0 Å². The molecule has 0 radical (unpaired) electrons. The Kier molecular flexibility index (Phi) is 490. The Morgan fingerprint density at radius 1 is 0.667 bits per heavy atom. The zero-order valence-electron chi connectivity index (χ0n) is 3.50. The third-order valence-electron chi connectivity index (χ3n) is 0. The van der Waals surface area contributed by atoms with Crippen LogP contribution in [0.15, 0.2) is 0 Å². The fraction of sp³-hybridized carbons (Fsp3) is 0. The average molecular weight is 357 g/mol. The van der Waals surface area contributed by atoms with E-state index in [4.69, 9.17) is 0 Å². The zero-order chi connectivity index (χ0) is 2.71. The smallest absolute Gasteiger partial charge is 1.00 e. The summed E-state index contributed by atoms with van der Waals surface area (Å²) in [4.78, 5) is 0. The molecule has 0 aromatic heterocycles. The molecule has 9 heavy (non-hydrogen) atoms. The van der Waals surface area contributed by atoms with Crippen molar-refractivity contribution >= 4 is 23.7 Å². The van der Waals surface area contributed by atoms with Crippen LogP contribution in [0.4, 0.5) is 0 Å². The van der Waals surface area contributed by atoms with Crippen molar-refractivity contribution in [2.75, 3.05) is 0 Å². The van der Waals surface area contributed by atoms with Crippen LogP contribution in [0.5, 0.6) is 0 Å². The van der Waals surface area contributed by atoms with Crippen LogP contribution in [0.3, 0.4) is 0 Å². The van der Waals surface area contributed by atoms with Crippen LogP contribution in [0, 0.1) is 0 Å². The van der Waals surface area contributed by atoms with Crippen LogP contribution in [0.1, 0.15) is 0 Å². The van der Waals surface area contributed by atoms with Gasteiger partial charge < -0.3 is 62.0 Å². The quantitative estimate of drug-likeness (QED) is 0.392. The van der Waals surface area contributed by atoms with Gasteiger partial charge in [-0.05, 0) is 0 Å². The number of rotatable bonds is 0. The Labute approximate surface area is 111 Å². The maximum Gasteiger partial charge on any atom is 5.00 e. The summed E-state index contributed by atoms with van der Waals surface area (Å²) in [5, 5.41) is 0. The van der Waals surface area contributed by atoms with Gasteiger partial charge in [-0.25, -0.2) is 0 Å². The Morgan fingerprint density at radius 2 is 0.667 bits per heavy atom. The Morgan fingerprint density at radius 3 is 0.667 bits per heavy atom. The molecule has 0 aliphatic rings. The molecule has 0 aromatic carbocycles. The molecule has 0 unspecified atom stereocenters. The van der Waals surface area contributed by atoms with Gasteiger partial charge in [0.15, 0.2) is 0 Å². The van der Waals surface area contributed by atoms with Gasteiger partial charge in [0.25, 0.3) is 0 Å². The van der Waals surface area contributed by atoms with Crippen molar-refractivity contribution in [3.05, 3.63) is 0 Å². The first kappa shape index (κ1) is 60.4. The van der Waals surface area contributed by atoms with Gasteiger partial charge >= 0.3 is 22.4 Å². The second-order valence-electron chi connectivity index (χ2n) is 0.0583. The van der Waals surface area contributed by atoms with E-state index in [0.717, 1.165) is 0 Å². The maximum absolute atomic E-state index is 4.26. The summed E-state index contributed by atoms with van der Waals surface area (Å²) >= 11 is 8.53. The van der Waals surface area contributed by atoms with Crippen molar-refractivity contribution < 1.29 is 88.3 Å². The molecule has 0 bridgehead atoms. The molecule has 0 aliphatic heterocycles. The van der Waals surface area contributed by atoms with E-state index in [1.165, 1.54) is 0 Å². The molecule has 0 saturated carbocycles. The van der Waals surface area contributed by atoms with E-state index >= 15 is 0 Å². The van der Waals surface area contributed by atoms with Crippen LogP contribution in [-0.2, 0) is 26.2 Å². The monoisotopic (exact) mass is 354 g/mol. The van der Waals surface area contributed by atoms with Crippen molar-refractivity contribution in [2.24, 2.45) is 0 Å². The molecule has 9 heteroatoms. The van der Waals surface area contributed by atoms with Crippen molar-refractivity contribution in [1.29, 1.82) is 0 Å². The van der Waals surface area contributed by atoms with Crippen molar-refractivity contribution in [1.82, 2.24) is 0 Å². The molecular formula is Cl7NbO. The van der Waals surface area contributed by atoms with Gasteiger partial charge in [-0.2, -0.15) is 3.84 Å². The van der Waals surface area contributed by atoms with Crippen LogP contribution in [-0.4, -0.2) is 0 Å². The molecule has 0 saturated heterocycles. The third kappa shape index (κ3) is 110. The maximum atomic E-state index is 4.26. The first-order valence-corrected chi connectivity index (χ1v) is 0.926. The fourth-order valence-corrected chi connectivity index (χ4v) is 0. The summed E-state index contributed by atoms with van der Waals surface area (Å²) in [5.74, 6) is 0. The summed E-state index contributed by atoms with van der Waals surface area (Å²) in [7, 11) is 0. The van der Waals surface area contributed by atoms with E-state index < -0.39 is 0 Å². The molecule has 0 N–H and O–H groups in total. The predicted octanol–water partition coefficient (Wildman–Crippen LogP) is -13.7. The summed E-state index contributed by atoms with van der Waals surface area (Å²) in [6, 6.07) is 0. The molecule has 0 spiro atoms. The number of halogens is 7. The van der Waals surface area contributed by atoms with Gasteiger partial charge in [0.05, 0.1) is 23.7 Å². The van der Waals surface area contributed by atoms with Crippen molar-refractivity contribution in [3.8, 4) is 0 Å². The average Bonchev–Trinajstić information content (AvgIpc) is 0.918. The molecule has 0 fully saturated rings. The Hall–Kier alpha value is 2.73. The van der Waals surface area contributed by atoms with E-state index in [2.05, 4.69) is 27.6 Å². The molecule has 0 atom stereocenters. The van der Waals surface area contributed by atoms with Crippen LogP contribution in [0.2, 0.25) is 0 Å². The topological polar surface area (TPSA) is 9.23 Å². The van der Waals surface area contributed by atoms with Gasteiger partial charge in [0.1, 0.15) is 0 Å². The molecule has 0 rings (SSSR count). The minimum absolute atomic E-state index is 0. The van der Waals surface area contributed by atoms with Gasteiger partial charge in [0.2, 0.25) is 0 Å². The summed E-state index contributed by atoms with van der Waals surface area (Å²) in [5.41, 5.74) is 0. The van der Waals surface area contributed by atoms with Crippen LogP contribution in [0.25, 0.3) is 0 Å². The minimum Gasteiger partial charge on any atom is -1.00 e. The van der Waals surface area contributed by atoms with Crippen LogP contribution >= 0.6 is 23.7 Å². The first-order chi connectivity index (χ1) is 1.41. The van der Waals surface area contributed by atoms with Gasteiger partial charge in [-0.1, -0.05) is 0 Å². The SMILES string of the molecule is ClOCl.[Cl-].[Cl-].[Cl-].[Cl-].[Cl-].[Nb+5]. The fourth-order valence-electron chi connectivity index (χ4n) is 0. The molecular weight excluding hydrogens is 357 g/mol. The Bertz CT molecular complexity index is 8.88. The summed E-state index contributed by atoms with van der Waals surface area (Å²) in [6.07, 6.45) is 0. The normalized spacial score (nSPS) is 2.00. The zero-order valence-corrected chi connectivity index (χ0v) is 11.0.